The molecule has 0 spiro atoms. The predicted octanol–water partition coefficient (Wildman–Crippen LogP) is 3.05. The molecule has 100 valence electrons. The van der Waals surface area contributed by atoms with Crippen molar-refractivity contribution in [3.8, 4) is 5.69 Å². The Bertz CT molecular complexity index is 594. The van der Waals surface area contributed by atoms with Gasteiger partial charge in [-0.25, -0.2) is 4.68 Å². The molecule has 0 atom stereocenters. The Kier molecular flexibility index (Phi) is 3.15. The van der Waals surface area contributed by atoms with E-state index in [1.165, 1.54) is 35.2 Å². The van der Waals surface area contributed by atoms with E-state index in [4.69, 9.17) is 0 Å². The fourth-order valence-corrected chi connectivity index (χ4v) is 2.28. The lowest BCUT2D eigenvalue weighted by Gasteiger charge is -2.08. The molecule has 0 aliphatic heterocycles. The summed E-state index contributed by atoms with van der Waals surface area (Å²) < 4.78 is 2.04. The number of benzene rings is 1. The van der Waals surface area contributed by atoms with Crippen molar-refractivity contribution in [3.63, 3.8) is 0 Å². The van der Waals surface area contributed by atoms with Crippen LogP contribution >= 0.6 is 0 Å². The van der Waals surface area contributed by atoms with E-state index < -0.39 is 0 Å². The Balaban J connectivity index is 1.85. The van der Waals surface area contributed by atoms with Gasteiger partial charge in [0.2, 0.25) is 0 Å². The molecule has 3 rings (SSSR count). The highest BCUT2D eigenvalue weighted by Crippen LogP contribution is 2.21. The highest BCUT2D eigenvalue weighted by atomic mass is 15.3. The van der Waals surface area contributed by atoms with Crippen LogP contribution in [0.1, 0.15) is 35.2 Å². The molecule has 1 saturated carbocycles. The van der Waals surface area contributed by atoms with Gasteiger partial charge in [-0.1, -0.05) is 6.07 Å². The van der Waals surface area contributed by atoms with Crippen molar-refractivity contribution < 1.29 is 0 Å². The zero-order valence-corrected chi connectivity index (χ0v) is 11.9. The van der Waals surface area contributed by atoms with E-state index in [9.17, 15) is 0 Å². The molecule has 1 fully saturated rings. The van der Waals surface area contributed by atoms with Gasteiger partial charge in [-0.05, 0) is 56.9 Å². The number of aryl methyl sites for hydroxylation is 2. The summed E-state index contributed by atoms with van der Waals surface area (Å²) >= 11 is 0. The number of hydrogen-bond acceptors (Lipinski definition) is 2. The van der Waals surface area contributed by atoms with Gasteiger partial charge in [0.25, 0.3) is 0 Å². The second-order valence-electron chi connectivity index (χ2n) is 5.59. The number of rotatable bonds is 4. The smallest absolute Gasteiger partial charge is 0.0651 e. The van der Waals surface area contributed by atoms with E-state index in [0.29, 0.717) is 0 Å². The Labute approximate surface area is 114 Å². The molecular formula is C16H21N3. The maximum absolute atomic E-state index is 4.53. The molecule has 0 unspecified atom stereocenters. The van der Waals surface area contributed by atoms with Gasteiger partial charge in [-0.2, -0.15) is 5.10 Å². The molecular weight excluding hydrogens is 234 g/mol. The van der Waals surface area contributed by atoms with Gasteiger partial charge in [0.05, 0.1) is 11.9 Å². The molecule has 1 aliphatic rings. The van der Waals surface area contributed by atoms with Crippen LogP contribution in [0.3, 0.4) is 0 Å². The molecule has 1 aliphatic carbocycles. The Morgan fingerprint density at radius 3 is 2.68 bits per heavy atom. The quantitative estimate of drug-likeness (QED) is 0.910. The molecule has 0 radical (unpaired) electrons. The van der Waals surface area contributed by atoms with Crippen LogP contribution in [0, 0.1) is 20.8 Å². The van der Waals surface area contributed by atoms with Crippen LogP contribution in [-0.4, -0.2) is 15.8 Å². The van der Waals surface area contributed by atoms with Crippen molar-refractivity contribution in [3.05, 3.63) is 46.8 Å². The van der Waals surface area contributed by atoms with Crippen LogP contribution < -0.4 is 5.32 Å². The first-order chi connectivity index (χ1) is 9.15. The SMILES string of the molecule is Cc1ccc(-n2ncc(CNC3CC3)c2C)cc1C. The van der Waals surface area contributed by atoms with E-state index in [1.807, 2.05) is 10.9 Å². The lowest BCUT2D eigenvalue weighted by Crippen LogP contribution is -2.15. The topological polar surface area (TPSA) is 29.9 Å². The highest BCUT2D eigenvalue weighted by molar-refractivity contribution is 5.41. The zero-order chi connectivity index (χ0) is 13.4. The van der Waals surface area contributed by atoms with Crippen molar-refractivity contribution >= 4 is 0 Å². The molecule has 1 aromatic heterocycles. The minimum Gasteiger partial charge on any atom is -0.310 e. The van der Waals surface area contributed by atoms with E-state index >= 15 is 0 Å². The van der Waals surface area contributed by atoms with Crippen LogP contribution in [-0.2, 0) is 6.54 Å². The third kappa shape index (κ3) is 2.56. The molecule has 3 heteroatoms. The molecule has 0 saturated heterocycles. The van der Waals surface area contributed by atoms with E-state index in [2.05, 4.69) is 49.4 Å². The molecule has 0 bridgehead atoms. The Morgan fingerprint density at radius 2 is 2.00 bits per heavy atom. The van der Waals surface area contributed by atoms with Gasteiger partial charge in [-0.15, -0.1) is 0 Å². The standard InChI is InChI=1S/C16H21N3/c1-11-4-7-16(8-12(11)2)19-13(3)14(10-18-19)9-17-15-5-6-15/h4,7-8,10,15,17H,5-6,9H2,1-3H3. The lowest BCUT2D eigenvalue weighted by molar-refractivity contribution is 0.684. The first-order valence-corrected chi connectivity index (χ1v) is 6.99. The maximum Gasteiger partial charge on any atom is 0.0651 e. The number of nitrogens with zero attached hydrogens (tertiary/aromatic N) is 2. The normalized spacial score (nSPS) is 14.9. The van der Waals surface area contributed by atoms with Crippen LogP contribution in [0.25, 0.3) is 5.69 Å². The van der Waals surface area contributed by atoms with Gasteiger partial charge in [-0.3, -0.25) is 0 Å². The lowest BCUT2D eigenvalue weighted by atomic mass is 10.1. The largest absolute Gasteiger partial charge is 0.310 e. The summed E-state index contributed by atoms with van der Waals surface area (Å²) in [6.07, 6.45) is 4.63. The highest BCUT2D eigenvalue weighted by Gasteiger charge is 2.20. The molecule has 2 aromatic rings. The molecule has 19 heavy (non-hydrogen) atoms. The molecule has 0 amide bonds. The second kappa shape index (κ2) is 4.82. The fourth-order valence-electron chi connectivity index (χ4n) is 2.28. The van der Waals surface area contributed by atoms with Crippen molar-refractivity contribution in [2.24, 2.45) is 0 Å². The second-order valence-corrected chi connectivity index (χ2v) is 5.59. The number of hydrogen-bond donors (Lipinski definition) is 1. The van der Waals surface area contributed by atoms with Crippen molar-refractivity contribution in [2.45, 2.75) is 46.2 Å². The Morgan fingerprint density at radius 1 is 1.21 bits per heavy atom. The van der Waals surface area contributed by atoms with Crippen LogP contribution in [0.4, 0.5) is 0 Å². The minimum absolute atomic E-state index is 0.740. The third-order valence-electron chi connectivity index (χ3n) is 4.01. The summed E-state index contributed by atoms with van der Waals surface area (Å²) in [5, 5.41) is 8.08. The van der Waals surface area contributed by atoms with Gasteiger partial charge in [0, 0.05) is 23.8 Å². The van der Waals surface area contributed by atoms with Crippen LogP contribution in [0.5, 0.6) is 0 Å². The predicted molar refractivity (Wildman–Crippen MR) is 77.6 cm³/mol. The minimum atomic E-state index is 0.740. The van der Waals surface area contributed by atoms with E-state index in [-0.39, 0.29) is 0 Å². The molecule has 3 nitrogen and oxygen atoms in total. The first-order valence-electron chi connectivity index (χ1n) is 6.99. The summed E-state index contributed by atoms with van der Waals surface area (Å²) in [6.45, 7) is 7.36. The van der Waals surface area contributed by atoms with Gasteiger partial charge in [0.1, 0.15) is 0 Å². The van der Waals surface area contributed by atoms with Crippen molar-refractivity contribution in [2.75, 3.05) is 0 Å². The van der Waals surface area contributed by atoms with Crippen molar-refractivity contribution in [1.29, 1.82) is 0 Å². The summed E-state index contributed by atoms with van der Waals surface area (Å²) in [5.41, 5.74) is 6.31. The van der Waals surface area contributed by atoms with Crippen LogP contribution in [0.2, 0.25) is 0 Å². The average Bonchev–Trinajstić information content (AvgIpc) is 3.15. The summed E-state index contributed by atoms with van der Waals surface area (Å²) in [5.74, 6) is 0. The number of aromatic nitrogens is 2. The zero-order valence-electron chi connectivity index (χ0n) is 11.9. The summed E-state index contributed by atoms with van der Waals surface area (Å²) in [4.78, 5) is 0. The van der Waals surface area contributed by atoms with E-state index in [0.717, 1.165) is 18.3 Å². The summed E-state index contributed by atoms with van der Waals surface area (Å²) in [7, 11) is 0. The summed E-state index contributed by atoms with van der Waals surface area (Å²) in [6, 6.07) is 7.24. The Hall–Kier alpha value is -1.61. The fraction of sp³-hybridized carbons (Fsp3) is 0.438. The molecule has 1 N–H and O–H groups in total. The van der Waals surface area contributed by atoms with Crippen LogP contribution in [0.15, 0.2) is 24.4 Å². The number of nitrogens with one attached hydrogen (secondary N) is 1. The van der Waals surface area contributed by atoms with Gasteiger partial charge >= 0.3 is 0 Å². The monoisotopic (exact) mass is 255 g/mol. The first kappa shape index (κ1) is 12.4. The molecule has 1 aromatic carbocycles. The molecule has 1 heterocycles. The maximum atomic E-state index is 4.53. The average molecular weight is 255 g/mol. The van der Waals surface area contributed by atoms with E-state index in [1.54, 1.807) is 0 Å². The third-order valence-corrected chi connectivity index (χ3v) is 4.01. The van der Waals surface area contributed by atoms with Gasteiger partial charge < -0.3 is 5.32 Å². The van der Waals surface area contributed by atoms with Crippen molar-refractivity contribution in [1.82, 2.24) is 15.1 Å². The van der Waals surface area contributed by atoms with Gasteiger partial charge in [0.15, 0.2) is 0 Å².